The van der Waals surface area contributed by atoms with Gasteiger partial charge in [0.25, 0.3) is 0 Å². The van der Waals surface area contributed by atoms with E-state index in [1.54, 1.807) is 11.3 Å². The normalized spacial score (nSPS) is 11.1. The third-order valence-corrected chi connectivity index (χ3v) is 3.71. The van der Waals surface area contributed by atoms with Crippen LogP contribution in [-0.4, -0.2) is 16.5 Å². The summed E-state index contributed by atoms with van der Waals surface area (Å²) >= 11 is 1.74. The number of aromatic nitrogens is 2. The first-order valence-corrected chi connectivity index (χ1v) is 7.05. The van der Waals surface area contributed by atoms with Crippen molar-refractivity contribution in [1.82, 2.24) is 15.3 Å². The second-order valence-corrected chi connectivity index (χ2v) is 5.96. The summed E-state index contributed by atoms with van der Waals surface area (Å²) in [5, 5.41) is 4.49. The zero-order chi connectivity index (χ0) is 13.0. The molecular formula is C14H19N3S. The summed E-state index contributed by atoms with van der Waals surface area (Å²) in [6, 6.07) is 2.02. The van der Waals surface area contributed by atoms with Crippen molar-refractivity contribution in [3.8, 4) is 10.6 Å². The molecule has 0 bridgehead atoms. The quantitative estimate of drug-likeness (QED) is 0.897. The van der Waals surface area contributed by atoms with Crippen molar-refractivity contribution in [3.63, 3.8) is 0 Å². The van der Waals surface area contributed by atoms with E-state index in [-0.39, 0.29) is 0 Å². The van der Waals surface area contributed by atoms with Crippen LogP contribution in [0.5, 0.6) is 0 Å². The fourth-order valence-electron chi connectivity index (χ4n) is 1.69. The van der Waals surface area contributed by atoms with Crippen LogP contribution < -0.4 is 5.32 Å². The summed E-state index contributed by atoms with van der Waals surface area (Å²) in [7, 11) is 0. The molecule has 3 nitrogen and oxygen atoms in total. The summed E-state index contributed by atoms with van der Waals surface area (Å²) in [5.41, 5.74) is 2.36. The molecule has 0 spiro atoms. The molecule has 0 saturated heterocycles. The molecule has 2 rings (SSSR count). The summed E-state index contributed by atoms with van der Waals surface area (Å²) in [5.74, 6) is 0.679. The highest BCUT2D eigenvalue weighted by Crippen LogP contribution is 2.26. The molecular weight excluding hydrogens is 242 g/mol. The standard InChI is InChI=1S/C14H19N3S/c1-10(2)6-16-7-12-8-17-14(18-12)13-9-15-5-4-11(13)3/h4-5,8-10,16H,6-7H2,1-3H3. The Morgan fingerprint density at radius 1 is 1.33 bits per heavy atom. The van der Waals surface area contributed by atoms with Crippen molar-refractivity contribution < 1.29 is 0 Å². The molecule has 2 aromatic rings. The smallest absolute Gasteiger partial charge is 0.125 e. The fourth-order valence-corrected chi connectivity index (χ4v) is 2.64. The number of aryl methyl sites for hydroxylation is 1. The minimum absolute atomic E-state index is 0.679. The Bertz CT molecular complexity index is 505. The maximum atomic E-state index is 4.48. The average Bonchev–Trinajstić information content (AvgIpc) is 2.78. The van der Waals surface area contributed by atoms with Crippen LogP contribution in [0.4, 0.5) is 0 Å². The second kappa shape index (κ2) is 6.07. The van der Waals surface area contributed by atoms with Crippen molar-refractivity contribution in [2.45, 2.75) is 27.3 Å². The highest BCUT2D eigenvalue weighted by atomic mass is 32.1. The number of pyridine rings is 1. The molecule has 2 aromatic heterocycles. The van der Waals surface area contributed by atoms with Gasteiger partial charge in [0.15, 0.2) is 0 Å². The Morgan fingerprint density at radius 2 is 2.17 bits per heavy atom. The first-order valence-electron chi connectivity index (χ1n) is 6.23. The number of rotatable bonds is 5. The summed E-state index contributed by atoms with van der Waals surface area (Å²) in [4.78, 5) is 9.92. The molecule has 96 valence electrons. The predicted molar refractivity (Wildman–Crippen MR) is 76.6 cm³/mol. The van der Waals surface area contributed by atoms with Crippen LogP contribution in [0.25, 0.3) is 10.6 Å². The lowest BCUT2D eigenvalue weighted by molar-refractivity contribution is 0.554. The molecule has 0 aliphatic carbocycles. The van der Waals surface area contributed by atoms with Gasteiger partial charge in [0.05, 0.1) is 0 Å². The van der Waals surface area contributed by atoms with E-state index >= 15 is 0 Å². The van der Waals surface area contributed by atoms with Gasteiger partial charge >= 0.3 is 0 Å². The van der Waals surface area contributed by atoms with Crippen LogP contribution in [0.2, 0.25) is 0 Å². The first kappa shape index (κ1) is 13.2. The van der Waals surface area contributed by atoms with E-state index in [1.807, 2.05) is 24.7 Å². The highest BCUT2D eigenvalue weighted by Gasteiger charge is 2.07. The Balaban J connectivity index is 2.04. The Kier molecular flexibility index (Phi) is 4.44. The number of hydrogen-bond acceptors (Lipinski definition) is 4. The molecule has 0 atom stereocenters. The third-order valence-electron chi connectivity index (χ3n) is 2.67. The van der Waals surface area contributed by atoms with E-state index in [9.17, 15) is 0 Å². The van der Waals surface area contributed by atoms with Gasteiger partial charge < -0.3 is 5.32 Å². The van der Waals surface area contributed by atoms with Gasteiger partial charge in [-0.25, -0.2) is 4.98 Å². The lowest BCUT2D eigenvalue weighted by atomic mass is 10.2. The van der Waals surface area contributed by atoms with Crippen LogP contribution in [0, 0.1) is 12.8 Å². The number of nitrogens with zero attached hydrogens (tertiary/aromatic N) is 2. The molecule has 0 radical (unpaired) electrons. The van der Waals surface area contributed by atoms with Crippen LogP contribution in [0.15, 0.2) is 24.7 Å². The summed E-state index contributed by atoms with van der Waals surface area (Å²) in [6.45, 7) is 8.46. The fraction of sp³-hybridized carbons (Fsp3) is 0.429. The van der Waals surface area contributed by atoms with Gasteiger partial charge in [-0.05, 0) is 31.0 Å². The lowest BCUT2D eigenvalue weighted by Crippen LogP contribution is -2.18. The molecule has 0 aliphatic heterocycles. The van der Waals surface area contributed by atoms with Gasteiger partial charge in [0.1, 0.15) is 5.01 Å². The molecule has 2 heterocycles. The molecule has 18 heavy (non-hydrogen) atoms. The SMILES string of the molecule is Cc1ccncc1-c1ncc(CNCC(C)C)s1. The van der Waals surface area contributed by atoms with E-state index in [0.29, 0.717) is 5.92 Å². The van der Waals surface area contributed by atoms with Crippen LogP contribution >= 0.6 is 11.3 Å². The maximum Gasteiger partial charge on any atom is 0.125 e. The largest absolute Gasteiger partial charge is 0.312 e. The minimum atomic E-state index is 0.679. The van der Waals surface area contributed by atoms with Gasteiger partial charge in [-0.2, -0.15) is 0 Å². The molecule has 0 aromatic carbocycles. The van der Waals surface area contributed by atoms with Crippen LogP contribution in [0.1, 0.15) is 24.3 Å². The van der Waals surface area contributed by atoms with Crippen molar-refractivity contribution in [2.24, 2.45) is 5.92 Å². The summed E-state index contributed by atoms with van der Waals surface area (Å²) < 4.78 is 0. The van der Waals surface area contributed by atoms with Gasteiger partial charge in [-0.1, -0.05) is 13.8 Å². The lowest BCUT2D eigenvalue weighted by Gasteiger charge is -2.04. The van der Waals surface area contributed by atoms with E-state index in [0.717, 1.165) is 23.7 Å². The van der Waals surface area contributed by atoms with E-state index in [1.165, 1.54) is 10.4 Å². The molecule has 0 unspecified atom stereocenters. The number of hydrogen-bond donors (Lipinski definition) is 1. The Hall–Kier alpha value is -1.26. The molecule has 0 amide bonds. The zero-order valence-electron chi connectivity index (χ0n) is 11.1. The Labute approximate surface area is 112 Å². The van der Waals surface area contributed by atoms with Crippen molar-refractivity contribution in [2.75, 3.05) is 6.54 Å². The van der Waals surface area contributed by atoms with Crippen LogP contribution in [-0.2, 0) is 6.54 Å². The molecule has 1 N–H and O–H groups in total. The van der Waals surface area contributed by atoms with Crippen molar-refractivity contribution in [3.05, 3.63) is 35.1 Å². The summed E-state index contributed by atoms with van der Waals surface area (Å²) in [6.07, 6.45) is 5.66. The maximum absolute atomic E-state index is 4.48. The highest BCUT2D eigenvalue weighted by molar-refractivity contribution is 7.15. The van der Waals surface area contributed by atoms with Crippen molar-refractivity contribution in [1.29, 1.82) is 0 Å². The average molecular weight is 261 g/mol. The van der Waals surface area contributed by atoms with E-state index < -0.39 is 0 Å². The third kappa shape index (κ3) is 3.37. The molecule has 4 heteroatoms. The molecule has 0 aliphatic rings. The van der Waals surface area contributed by atoms with Gasteiger partial charge in [-0.15, -0.1) is 11.3 Å². The molecule has 0 saturated carbocycles. The Morgan fingerprint density at radius 3 is 2.89 bits per heavy atom. The minimum Gasteiger partial charge on any atom is -0.312 e. The van der Waals surface area contributed by atoms with Gasteiger partial charge in [0.2, 0.25) is 0 Å². The van der Waals surface area contributed by atoms with E-state index in [4.69, 9.17) is 0 Å². The second-order valence-electron chi connectivity index (χ2n) is 4.85. The zero-order valence-corrected chi connectivity index (χ0v) is 11.9. The van der Waals surface area contributed by atoms with Crippen molar-refractivity contribution >= 4 is 11.3 Å². The monoisotopic (exact) mass is 261 g/mol. The predicted octanol–water partition coefficient (Wildman–Crippen LogP) is 3.26. The van der Waals surface area contributed by atoms with E-state index in [2.05, 4.69) is 36.1 Å². The van der Waals surface area contributed by atoms with Gasteiger partial charge in [0, 0.05) is 35.6 Å². The molecule has 0 fully saturated rings. The van der Waals surface area contributed by atoms with Gasteiger partial charge in [-0.3, -0.25) is 4.98 Å². The van der Waals surface area contributed by atoms with Crippen LogP contribution in [0.3, 0.4) is 0 Å². The topological polar surface area (TPSA) is 37.8 Å². The first-order chi connectivity index (χ1) is 8.66. The number of nitrogens with one attached hydrogen (secondary N) is 1. The number of thiazole rings is 1.